The summed E-state index contributed by atoms with van der Waals surface area (Å²) >= 11 is 6.41. The second-order valence-corrected chi connectivity index (χ2v) is 23.3. The van der Waals surface area contributed by atoms with Gasteiger partial charge < -0.3 is 86.2 Å². The van der Waals surface area contributed by atoms with E-state index in [1.807, 2.05) is 32.9 Å². The van der Waals surface area contributed by atoms with Crippen LogP contribution in [0, 0.1) is 23.2 Å². The van der Waals surface area contributed by atoms with E-state index in [9.17, 15) is 58.8 Å². The minimum atomic E-state index is -1.94. The quantitative estimate of drug-likeness (QED) is 0.0423. The summed E-state index contributed by atoms with van der Waals surface area (Å²) in [5, 5.41) is 74.4. The Bertz CT molecular complexity index is 2570. The van der Waals surface area contributed by atoms with Crippen LogP contribution in [0.1, 0.15) is 116 Å². The molecule has 474 valence electrons. The number of esters is 1. The van der Waals surface area contributed by atoms with Crippen molar-refractivity contribution < 1.29 is 92.7 Å². The zero-order valence-corrected chi connectivity index (χ0v) is 50.3. The largest absolute Gasteiger partial charge is 0.495 e. The van der Waals surface area contributed by atoms with E-state index in [1.165, 1.54) is 13.2 Å². The summed E-state index contributed by atoms with van der Waals surface area (Å²) in [5.74, 6) is -5.67. The molecule has 1 saturated heterocycles. The van der Waals surface area contributed by atoms with Crippen molar-refractivity contribution in [2.45, 2.75) is 173 Å². The third-order valence-electron chi connectivity index (χ3n) is 14.5. The molecule has 12 atom stereocenters. The molecular formula is C59H87ClN6O19. The number of carbonyl (C=O) groups is 8. The van der Waals surface area contributed by atoms with E-state index in [0.29, 0.717) is 28.3 Å². The van der Waals surface area contributed by atoms with Crippen molar-refractivity contribution in [2.75, 3.05) is 40.2 Å². The van der Waals surface area contributed by atoms with Crippen molar-refractivity contribution >= 4 is 59.0 Å². The number of nitrogens with one attached hydrogen (secondary N) is 6. The fourth-order valence-corrected chi connectivity index (χ4v) is 9.45. The summed E-state index contributed by atoms with van der Waals surface area (Å²) in [6.45, 7) is 10.8. The van der Waals surface area contributed by atoms with Gasteiger partial charge in [-0.3, -0.25) is 38.4 Å². The fraction of sp³-hybridized carbons (Fsp3) is 0.627. The Morgan fingerprint density at radius 3 is 2.18 bits per heavy atom. The van der Waals surface area contributed by atoms with Crippen molar-refractivity contribution in [3.63, 3.8) is 0 Å². The number of halogens is 1. The molecule has 0 saturated carbocycles. The lowest BCUT2D eigenvalue weighted by molar-refractivity contribution is -0.169. The molecule has 2 aliphatic heterocycles. The molecule has 12 N–H and O–H groups in total. The van der Waals surface area contributed by atoms with Crippen molar-refractivity contribution in [1.29, 1.82) is 0 Å². The summed E-state index contributed by atoms with van der Waals surface area (Å²) in [4.78, 5) is 105. The highest BCUT2D eigenvalue weighted by molar-refractivity contribution is 6.32. The minimum absolute atomic E-state index is 0.0261. The molecule has 85 heavy (non-hydrogen) atoms. The molecule has 2 aromatic rings. The minimum Gasteiger partial charge on any atom is -0.495 e. The second kappa shape index (κ2) is 34.8. The Hall–Kier alpha value is -6.29. The molecule has 0 spiro atoms. The fourth-order valence-electron chi connectivity index (χ4n) is 9.17. The number of aliphatic hydroxyl groups is 5. The Labute approximate surface area is 500 Å². The standard InChI is InChI=1S/C59H87ClN6O19/c1-32(2)23-38-29-82-31-83-44(11-9-12-47(71)64-41(25-36-17-21-45(81-8)39(60)24-36)56(78)63-30-59(6,7)58(80)84-38)34(5)53-54(85-53)37-18-15-35(16-19-37)26-62-55(77)40(20-22-46(70)61-27-42(68)51(75)52(76)43(69)28-67)65-57(79)50(33(3)4)66-48(72)13-10-14-49(73)74/h9,12,15-19,21,24,32-34,38,40-44,50-54,67-69,75-76H,10-11,13-14,20,22-23,25-31H2,1-8H3,(H,61,70)(H,62,77)(H,63,78)(H,64,71)(H,65,79)(H,66,72)(H,73,74)/b12-9+/t34-,38-,40-,41+,42-,43+,44-,50-,51+,52+,53+,54+/m0/s1. The SMILES string of the molecule is COc1ccc(C[C@H]2NC(=O)/C=C/C[C@@H]([C@H](C)[C@H]3O[C@@H]3c3ccc(CNC(=O)[C@H](CCC(=O)NC[C@H](O)[C@@H](O)[C@H](O)[C@H](O)CO)NC(=O)[C@@H](NC(=O)CCCC(=O)O)C(C)C)cc3)OCOC[C@H](CC(C)C)OC(=O)C(C)(C)CNC2=O)cc1Cl. The van der Waals surface area contributed by atoms with Gasteiger partial charge in [0.1, 0.15) is 61.2 Å². The summed E-state index contributed by atoms with van der Waals surface area (Å²) in [6, 6.07) is 8.67. The van der Waals surface area contributed by atoms with E-state index >= 15 is 0 Å². The summed E-state index contributed by atoms with van der Waals surface area (Å²) in [5.41, 5.74) is 0.940. The van der Waals surface area contributed by atoms with Gasteiger partial charge in [-0.1, -0.05) is 82.6 Å². The van der Waals surface area contributed by atoms with Gasteiger partial charge in [-0.2, -0.15) is 0 Å². The number of carboxylic acid groups (broad SMARTS) is 1. The normalized spacial score (nSPS) is 22.5. The number of carboxylic acids is 1. The number of amides is 6. The van der Waals surface area contributed by atoms with E-state index in [1.54, 1.807) is 64.1 Å². The van der Waals surface area contributed by atoms with Crippen molar-refractivity contribution in [3.05, 3.63) is 76.3 Å². The van der Waals surface area contributed by atoms with Gasteiger partial charge in [0.05, 0.1) is 49.1 Å². The first kappa shape index (κ1) is 71.2. The Kier molecular flexibility index (Phi) is 29.1. The van der Waals surface area contributed by atoms with Crippen LogP contribution in [-0.4, -0.2) is 179 Å². The van der Waals surface area contributed by atoms with E-state index in [4.69, 9.17) is 45.5 Å². The number of hydrogen-bond donors (Lipinski definition) is 12. The van der Waals surface area contributed by atoms with Crippen LogP contribution in [-0.2, 0) is 70.3 Å². The van der Waals surface area contributed by atoms with Gasteiger partial charge in [-0.15, -0.1) is 0 Å². The monoisotopic (exact) mass is 1220 g/mol. The third-order valence-corrected chi connectivity index (χ3v) is 14.7. The molecule has 26 heteroatoms. The maximum absolute atomic E-state index is 13.8. The van der Waals surface area contributed by atoms with Gasteiger partial charge in [0.25, 0.3) is 0 Å². The van der Waals surface area contributed by atoms with E-state index in [0.717, 1.165) is 5.56 Å². The molecule has 2 heterocycles. The molecule has 2 aromatic carbocycles. The first-order chi connectivity index (χ1) is 40.1. The Morgan fingerprint density at radius 1 is 0.859 bits per heavy atom. The van der Waals surface area contributed by atoms with Gasteiger partial charge in [-0.05, 0) is 86.3 Å². The molecule has 0 aromatic heterocycles. The van der Waals surface area contributed by atoms with Gasteiger partial charge >= 0.3 is 11.9 Å². The van der Waals surface area contributed by atoms with Gasteiger partial charge in [0.2, 0.25) is 35.4 Å². The molecule has 6 amide bonds. The maximum atomic E-state index is 13.8. The zero-order valence-electron chi connectivity index (χ0n) is 49.5. The summed E-state index contributed by atoms with van der Waals surface area (Å²) in [6.07, 6.45) is -6.61. The van der Waals surface area contributed by atoms with Crippen LogP contribution < -0.4 is 36.6 Å². The van der Waals surface area contributed by atoms with E-state index in [2.05, 4.69) is 31.9 Å². The molecule has 2 aliphatic rings. The molecule has 1 fully saturated rings. The lowest BCUT2D eigenvalue weighted by Gasteiger charge is -2.29. The van der Waals surface area contributed by atoms with Crippen molar-refractivity contribution in [3.8, 4) is 5.75 Å². The number of aliphatic hydroxyl groups excluding tert-OH is 5. The maximum Gasteiger partial charge on any atom is 0.313 e. The van der Waals surface area contributed by atoms with Crippen molar-refractivity contribution in [2.24, 2.45) is 23.2 Å². The van der Waals surface area contributed by atoms with Crippen LogP contribution in [0.4, 0.5) is 0 Å². The predicted molar refractivity (Wildman–Crippen MR) is 308 cm³/mol. The molecule has 0 radical (unpaired) electrons. The first-order valence-electron chi connectivity index (χ1n) is 28.5. The highest BCUT2D eigenvalue weighted by Gasteiger charge is 2.47. The smallest absolute Gasteiger partial charge is 0.313 e. The summed E-state index contributed by atoms with van der Waals surface area (Å²) < 4.78 is 29.8. The van der Waals surface area contributed by atoms with Crippen molar-refractivity contribution in [1.82, 2.24) is 31.9 Å². The van der Waals surface area contributed by atoms with Crippen LogP contribution >= 0.6 is 11.6 Å². The van der Waals surface area contributed by atoms with Gasteiger partial charge in [0, 0.05) is 51.2 Å². The average Bonchev–Trinajstić information content (AvgIpc) is 4.30. The third kappa shape index (κ3) is 23.8. The predicted octanol–water partition coefficient (Wildman–Crippen LogP) is 1.40. The van der Waals surface area contributed by atoms with Gasteiger partial charge in [0.15, 0.2) is 0 Å². The number of cyclic esters (lactones) is 1. The topological polar surface area (TPSA) is 380 Å². The van der Waals surface area contributed by atoms with Crippen LogP contribution in [0.5, 0.6) is 5.75 Å². The van der Waals surface area contributed by atoms with Crippen LogP contribution in [0.15, 0.2) is 54.6 Å². The first-order valence-corrected chi connectivity index (χ1v) is 28.9. The Morgan fingerprint density at radius 2 is 1.54 bits per heavy atom. The lowest BCUT2D eigenvalue weighted by Crippen LogP contribution is -2.55. The van der Waals surface area contributed by atoms with Gasteiger partial charge in [-0.25, -0.2) is 0 Å². The molecule has 0 unspecified atom stereocenters. The number of rotatable bonds is 28. The van der Waals surface area contributed by atoms with E-state index < -0.39 is 133 Å². The number of hydrogen-bond acceptors (Lipinski definition) is 18. The number of epoxide rings is 1. The number of carbonyl (C=O) groups excluding carboxylic acids is 7. The summed E-state index contributed by atoms with van der Waals surface area (Å²) in [7, 11) is 1.48. The highest BCUT2D eigenvalue weighted by atomic mass is 35.5. The molecule has 25 nitrogen and oxygen atoms in total. The number of methoxy groups -OCH3 is 1. The number of aliphatic carboxylic acids is 1. The van der Waals surface area contributed by atoms with Crippen LogP contribution in [0.2, 0.25) is 5.02 Å². The second-order valence-electron chi connectivity index (χ2n) is 22.9. The Balaban J connectivity index is 1.47. The number of benzene rings is 2. The molecular weight excluding hydrogens is 1130 g/mol. The highest BCUT2D eigenvalue weighted by Crippen LogP contribution is 2.45. The number of ether oxygens (including phenoxy) is 5. The zero-order chi connectivity index (χ0) is 63.1. The van der Waals surface area contributed by atoms with E-state index in [-0.39, 0.29) is 89.1 Å². The lowest BCUT2D eigenvalue weighted by atomic mass is 9.93. The molecule has 4 rings (SSSR count). The van der Waals surface area contributed by atoms with Crippen LogP contribution in [0.3, 0.4) is 0 Å². The van der Waals surface area contributed by atoms with Crippen LogP contribution in [0.25, 0.3) is 0 Å². The average molecular weight is 1220 g/mol. The molecule has 0 aliphatic carbocycles. The molecule has 0 bridgehead atoms.